The van der Waals surface area contributed by atoms with Crippen molar-refractivity contribution < 1.29 is 14.6 Å². The van der Waals surface area contributed by atoms with Gasteiger partial charge in [0, 0.05) is 23.6 Å². The number of halogens is 2. The van der Waals surface area contributed by atoms with E-state index >= 15 is 0 Å². The van der Waals surface area contributed by atoms with Crippen LogP contribution in [0.2, 0.25) is 0 Å². The molecule has 3 nitrogen and oxygen atoms in total. The van der Waals surface area contributed by atoms with E-state index in [0.29, 0.717) is 12.1 Å². The Kier molecular flexibility index (Phi) is 2.39. The maximum Gasteiger partial charge on any atom is 0.172 e. The topological polar surface area (TPSA) is 66.5 Å². The summed E-state index contributed by atoms with van der Waals surface area (Å²) >= 11 is 3.09. The SMILES string of the molecule is NCC1(c2c(F)cc(O)c(O)c2Br)CC1. The predicted molar refractivity (Wildman–Crippen MR) is 57.4 cm³/mol. The number of rotatable bonds is 2. The van der Waals surface area contributed by atoms with Crippen molar-refractivity contribution in [1.82, 2.24) is 0 Å². The molecule has 0 spiro atoms. The van der Waals surface area contributed by atoms with E-state index in [4.69, 9.17) is 5.73 Å². The highest BCUT2D eigenvalue weighted by Crippen LogP contribution is 2.53. The second-order valence-electron chi connectivity index (χ2n) is 3.90. The molecule has 0 aromatic heterocycles. The maximum absolute atomic E-state index is 13.7. The smallest absolute Gasteiger partial charge is 0.172 e. The van der Waals surface area contributed by atoms with Crippen LogP contribution in [0.1, 0.15) is 18.4 Å². The van der Waals surface area contributed by atoms with Gasteiger partial charge in [-0.2, -0.15) is 0 Å². The van der Waals surface area contributed by atoms with Crippen LogP contribution in [0.25, 0.3) is 0 Å². The van der Waals surface area contributed by atoms with Crippen molar-refractivity contribution in [2.75, 3.05) is 6.54 Å². The van der Waals surface area contributed by atoms with Crippen LogP contribution in [0.15, 0.2) is 10.5 Å². The summed E-state index contributed by atoms with van der Waals surface area (Å²) in [6.07, 6.45) is 1.62. The molecule has 15 heavy (non-hydrogen) atoms. The molecule has 1 fully saturated rings. The third-order valence-electron chi connectivity index (χ3n) is 2.95. The van der Waals surface area contributed by atoms with Gasteiger partial charge in [-0.1, -0.05) is 0 Å². The predicted octanol–water partition coefficient (Wildman–Crippen LogP) is 1.99. The average Bonchev–Trinajstić information content (AvgIpc) is 2.96. The van der Waals surface area contributed by atoms with E-state index in [9.17, 15) is 14.6 Å². The van der Waals surface area contributed by atoms with Crippen molar-refractivity contribution in [2.45, 2.75) is 18.3 Å². The van der Waals surface area contributed by atoms with Crippen molar-refractivity contribution in [2.24, 2.45) is 5.73 Å². The van der Waals surface area contributed by atoms with Gasteiger partial charge in [0.25, 0.3) is 0 Å². The molecule has 0 bridgehead atoms. The van der Waals surface area contributed by atoms with Crippen LogP contribution in [0.4, 0.5) is 4.39 Å². The molecular formula is C10H11BrFNO2. The molecule has 1 aliphatic rings. The molecule has 1 saturated carbocycles. The molecule has 4 N–H and O–H groups in total. The molecule has 82 valence electrons. The lowest BCUT2D eigenvalue weighted by Gasteiger charge is -2.17. The quantitative estimate of drug-likeness (QED) is 0.724. The summed E-state index contributed by atoms with van der Waals surface area (Å²) < 4.78 is 13.9. The Bertz CT molecular complexity index is 418. The Morgan fingerprint density at radius 2 is 2.07 bits per heavy atom. The first-order valence-electron chi connectivity index (χ1n) is 4.62. The van der Waals surface area contributed by atoms with Gasteiger partial charge in [-0.15, -0.1) is 0 Å². The minimum Gasteiger partial charge on any atom is -0.504 e. The van der Waals surface area contributed by atoms with Gasteiger partial charge >= 0.3 is 0 Å². The number of phenols is 2. The molecule has 0 radical (unpaired) electrons. The Balaban J connectivity index is 2.62. The maximum atomic E-state index is 13.7. The van der Waals surface area contributed by atoms with E-state index in [1.54, 1.807) is 0 Å². The zero-order valence-electron chi connectivity index (χ0n) is 7.93. The van der Waals surface area contributed by atoms with Gasteiger partial charge in [-0.05, 0) is 28.8 Å². The van der Waals surface area contributed by atoms with Crippen molar-refractivity contribution >= 4 is 15.9 Å². The highest BCUT2D eigenvalue weighted by atomic mass is 79.9. The lowest BCUT2D eigenvalue weighted by molar-refractivity contribution is 0.394. The Labute approximate surface area is 94.8 Å². The monoisotopic (exact) mass is 275 g/mol. The van der Waals surface area contributed by atoms with Crippen molar-refractivity contribution in [1.29, 1.82) is 0 Å². The van der Waals surface area contributed by atoms with E-state index in [1.165, 1.54) is 0 Å². The number of hydrogen-bond acceptors (Lipinski definition) is 3. The van der Waals surface area contributed by atoms with E-state index in [1.807, 2.05) is 0 Å². The second-order valence-corrected chi connectivity index (χ2v) is 4.69. The summed E-state index contributed by atoms with van der Waals surface area (Å²) in [6, 6.07) is 0.922. The number of aromatic hydroxyl groups is 2. The van der Waals surface area contributed by atoms with Crippen LogP contribution in [0.3, 0.4) is 0 Å². The molecule has 1 aliphatic carbocycles. The van der Waals surface area contributed by atoms with Gasteiger partial charge in [-0.25, -0.2) is 4.39 Å². The van der Waals surface area contributed by atoms with E-state index in [2.05, 4.69) is 15.9 Å². The first-order valence-corrected chi connectivity index (χ1v) is 5.41. The lowest BCUT2D eigenvalue weighted by Crippen LogP contribution is -2.21. The summed E-state index contributed by atoms with van der Waals surface area (Å²) in [5, 5.41) is 18.7. The molecular weight excluding hydrogens is 265 g/mol. The second kappa shape index (κ2) is 3.35. The van der Waals surface area contributed by atoms with Crippen LogP contribution in [0.5, 0.6) is 11.5 Å². The molecule has 0 heterocycles. The van der Waals surface area contributed by atoms with Crippen molar-refractivity contribution in [3.8, 4) is 11.5 Å². The van der Waals surface area contributed by atoms with Gasteiger partial charge in [0.15, 0.2) is 11.5 Å². The third kappa shape index (κ3) is 1.50. The van der Waals surface area contributed by atoms with Crippen molar-refractivity contribution in [3.05, 3.63) is 21.9 Å². The molecule has 0 aliphatic heterocycles. The number of hydrogen-bond donors (Lipinski definition) is 3. The number of nitrogens with two attached hydrogens (primary N) is 1. The van der Waals surface area contributed by atoms with Crippen molar-refractivity contribution in [3.63, 3.8) is 0 Å². The van der Waals surface area contributed by atoms with Gasteiger partial charge in [0.1, 0.15) is 5.82 Å². The Hall–Kier alpha value is -0.810. The molecule has 2 rings (SSSR count). The highest BCUT2D eigenvalue weighted by molar-refractivity contribution is 9.10. The summed E-state index contributed by atoms with van der Waals surface area (Å²) in [7, 11) is 0. The summed E-state index contributed by atoms with van der Waals surface area (Å²) in [6.45, 7) is 0.340. The summed E-state index contributed by atoms with van der Waals surface area (Å²) in [5.74, 6) is -1.32. The minimum absolute atomic E-state index is 0.211. The summed E-state index contributed by atoms with van der Waals surface area (Å²) in [4.78, 5) is 0. The Morgan fingerprint density at radius 3 is 2.53 bits per heavy atom. The first-order chi connectivity index (χ1) is 7.02. The molecule has 0 amide bonds. The molecule has 1 aromatic carbocycles. The van der Waals surface area contributed by atoms with Gasteiger partial charge in [-0.3, -0.25) is 0 Å². The van der Waals surface area contributed by atoms with E-state index in [-0.39, 0.29) is 15.6 Å². The van der Waals surface area contributed by atoms with Crippen LogP contribution >= 0.6 is 15.9 Å². The molecule has 0 unspecified atom stereocenters. The van der Waals surface area contributed by atoms with E-state index < -0.39 is 11.6 Å². The average molecular weight is 276 g/mol. The van der Waals surface area contributed by atoms with Crippen LogP contribution < -0.4 is 5.73 Å². The molecule has 0 saturated heterocycles. The van der Waals surface area contributed by atoms with E-state index in [0.717, 1.165) is 18.9 Å². The normalized spacial score (nSPS) is 17.8. The minimum atomic E-state index is -0.528. The first kappa shape index (κ1) is 10.7. The Morgan fingerprint density at radius 1 is 1.47 bits per heavy atom. The standard InChI is InChI=1S/C10H11BrFNO2/c11-8-7(10(4-13)1-2-10)5(12)3-6(14)9(8)15/h3,14-15H,1-2,4,13H2. The molecule has 0 atom stereocenters. The van der Waals surface area contributed by atoms with Gasteiger partial charge in [0.05, 0.1) is 4.47 Å². The van der Waals surface area contributed by atoms with Crippen LogP contribution in [0, 0.1) is 5.82 Å². The molecule has 1 aromatic rings. The largest absolute Gasteiger partial charge is 0.504 e. The van der Waals surface area contributed by atoms with Crippen LogP contribution in [-0.4, -0.2) is 16.8 Å². The fourth-order valence-electron chi connectivity index (χ4n) is 1.79. The third-order valence-corrected chi connectivity index (χ3v) is 3.72. The zero-order chi connectivity index (χ0) is 11.2. The van der Waals surface area contributed by atoms with Gasteiger partial charge in [0.2, 0.25) is 0 Å². The fraction of sp³-hybridized carbons (Fsp3) is 0.400. The number of phenolic OH excluding ortho intramolecular Hbond substituents is 2. The van der Waals surface area contributed by atoms with Crippen LogP contribution in [-0.2, 0) is 5.41 Å². The molecule has 5 heteroatoms. The number of benzene rings is 1. The zero-order valence-corrected chi connectivity index (χ0v) is 9.51. The van der Waals surface area contributed by atoms with Gasteiger partial charge < -0.3 is 15.9 Å². The fourth-order valence-corrected chi connectivity index (χ4v) is 2.60. The summed E-state index contributed by atoms with van der Waals surface area (Å²) in [5.41, 5.74) is 5.60. The highest BCUT2D eigenvalue weighted by Gasteiger charge is 2.46. The lowest BCUT2D eigenvalue weighted by atomic mass is 9.95.